The maximum Gasteiger partial charge on any atom is 0.389 e. The highest BCUT2D eigenvalue weighted by molar-refractivity contribution is 5.93. The quantitative estimate of drug-likeness (QED) is 0.549. The molecule has 2 N–H and O–H groups in total. The van der Waals surface area contributed by atoms with Crippen molar-refractivity contribution in [1.82, 2.24) is 14.8 Å². The van der Waals surface area contributed by atoms with Crippen LogP contribution in [0.4, 0.5) is 29.2 Å². The number of carboxylic acid groups (broad SMARTS) is 1. The molecule has 2 aromatic heterocycles. The summed E-state index contributed by atoms with van der Waals surface area (Å²) in [7, 11) is 0. The molecule has 0 spiro atoms. The van der Waals surface area contributed by atoms with E-state index in [0.717, 1.165) is 0 Å². The van der Waals surface area contributed by atoms with Crippen LogP contribution in [0, 0.1) is 19.7 Å². The number of nitrogens with one attached hydrogen (secondary N) is 1. The minimum absolute atomic E-state index is 0.0000718. The van der Waals surface area contributed by atoms with E-state index in [1.807, 2.05) is 0 Å². The number of aromatic nitrogens is 3. The van der Waals surface area contributed by atoms with E-state index in [1.165, 1.54) is 41.1 Å². The Morgan fingerprint density at radius 2 is 1.90 bits per heavy atom. The standard InChI is InChI=1S/C20H18F4N4O2/c1-11-3-5-13(21)9-16(11)28-17(10-14(27-28)7-8-20(22,23)24)26-18-15(19(29)30)6-4-12(2)25-18/h3-6,9-10H,7-8H2,1-2H3,(H,25,26)(H,29,30). The first-order valence-corrected chi connectivity index (χ1v) is 8.93. The van der Waals surface area contributed by atoms with E-state index in [1.54, 1.807) is 13.8 Å². The molecule has 30 heavy (non-hydrogen) atoms. The van der Waals surface area contributed by atoms with Crippen molar-refractivity contribution in [2.75, 3.05) is 5.32 Å². The van der Waals surface area contributed by atoms with Gasteiger partial charge in [0.15, 0.2) is 0 Å². The minimum atomic E-state index is -4.36. The lowest BCUT2D eigenvalue weighted by molar-refractivity contribution is -0.134. The molecule has 10 heteroatoms. The summed E-state index contributed by atoms with van der Waals surface area (Å²) in [5, 5.41) is 16.4. The van der Waals surface area contributed by atoms with Crippen molar-refractivity contribution in [2.45, 2.75) is 32.9 Å². The number of alkyl halides is 3. The first-order chi connectivity index (χ1) is 14.0. The van der Waals surface area contributed by atoms with Crippen molar-refractivity contribution >= 4 is 17.6 Å². The highest BCUT2D eigenvalue weighted by atomic mass is 19.4. The Hall–Kier alpha value is -3.43. The SMILES string of the molecule is Cc1ccc(C(=O)O)c(Nc2cc(CCC(F)(F)F)nn2-c2cc(F)ccc2C)n1. The van der Waals surface area contributed by atoms with E-state index in [2.05, 4.69) is 15.4 Å². The van der Waals surface area contributed by atoms with E-state index in [0.29, 0.717) is 16.9 Å². The van der Waals surface area contributed by atoms with Crippen molar-refractivity contribution in [1.29, 1.82) is 0 Å². The van der Waals surface area contributed by atoms with E-state index in [4.69, 9.17) is 0 Å². The van der Waals surface area contributed by atoms with Crippen molar-refractivity contribution in [2.24, 2.45) is 0 Å². The van der Waals surface area contributed by atoms with Crippen LogP contribution in [-0.2, 0) is 6.42 Å². The van der Waals surface area contributed by atoms with Crippen LogP contribution in [0.5, 0.6) is 0 Å². The molecule has 0 radical (unpaired) electrons. The van der Waals surface area contributed by atoms with Crippen LogP contribution in [0.15, 0.2) is 36.4 Å². The molecule has 0 unspecified atom stereocenters. The molecule has 158 valence electrons. The number of hydrogen-bond donors (Lipinski definition) is 2. The van der Waals surface area contributed by atoms with E-state index >= 15 is 0 Å². The Morgan fingerprint density at radius 1 is 1.17 bits per heavy atom. The second-order valence-corrected chi connectivity index (χ2v) is 6.76. The maximum atomic E-state index is 13.8. The number of benzene rings is 1. The van der Waals surface area contributed by atoms with Crippen LogP contribution in [0.3, 0.4) is 0 Å². The number of hydrogen-bond acceptors (Lipinski definition) is 4. The van der Waals surface area contributed by atoms with Gasteiger partial charge in [-0.3, -0.25) is 0 Å². The topological polar surface area (TPSA) is 80.0 Å². The number of aryl methyl sites for hydroxylation is 3. The molecule has 0 aliphatic heterocycles. The average Bonchev–Trinajstić information content (AvgIpc) is 3.04. The van der Waals surface area contributed by atoms with Crippen LogP contribution in [0.25, 0.3) is 5.69 Å². The largest absolute Gasteiger partial charge is 0.478 e. The highest BCUT2D eigenvalue weighted by Crippen LogP contribution is 2.28. The lowest BCUT2D eigenvalue weighted by Crippen LogP contribution is -2.10. The van der Waals surface area contributed by atoms with Gasteiger partial charge in [-0.2, -0.15) is 18.3 Å². The lowest BCUT2D eigenvalue weighted by Gasteiger charge is -2.13. The first kappa shape index (κ1) is 21.3. The predicted octanol–water partition coefficient (Wildman–Crippen LogP) is 4.96. The van der Waals surface area contributed by atoms with Crippen LogP contribution >= 0.6 is 0 Å². The fraction of sp³-hybridized carbons (Fsp3) is 0.250. The summed E-state index contributed by atoms with van der Waals surface area (Å²) in [5.74, 6) is -1.61. The third-order valence-electron chi connectivity index (χ3n) is 4.34. The van der Waals surface area contributed by atoms with Gasteiger partial charge in [0, 0.05) is 24.6 Å². The number of anilines is 2. The molecule has 1 aromatic carbocycles. The second kappa shape index (κ2) is 8.13. The van der Waals surface area contributed by atoms with Gasteiger partial charge in [0.05, 0.1) is 11.4 Å². The molecular weight excluding hydrogens is 404 g/mol. The zero-order valence-electron chi connectivity index (χ0n) is 16.1. The molecule has 2 heterocycles. The number of pyridine rings is 1. The Kier molecular flexibility index (Phi) is 5.77. The number of rotatable bonds is 6. The van der Waals surface area contributed by atoms with Crippen molar-refractivity contribution in [3.63, 3.8) is 0 Å². The Bertz CT molecular complexity index is 1090. The Morgan fingerprint density at radius 3 is 2.57 bits per heavy atom. The summed E-state index contributed by atoms with van der Waals surface area (Å²) in [6.07, 6.45) is -5.82. The molecule has 0 aliphatic rings. The smallest absolute Gasteiger partial charge is 0.389 e. The van der Waals surface area contributed by atoms with Gasteiger partial charge >= 0.3 is 12.1 Å². The fourth-order valence-corrected chi connectivity index (χ4v) is 2.85. The molecule has 3 aromatic rings. The summed E-state index contributed by atoms with van der Waals surface area (Å²) in [6.45, 7) is 3.36. The van der Waals surface area contributed by atoms with Gasteiger partial charge in [-0.05, 0) is 43.7 Å². The molecule has 0 saturated carbocycles. The van der Waals surface area contributed by atoms with E-state index < -0.39 is 24.4 Å². The summed E-state index contributed by atoms with van der Waals surface area (Å²) >= 11 is 0. The third kappa shape index (κ3) is 4.94. The van der Waals surface area contributed by atoms with Crippen LogP contribution in [0.1, 0.15) is 33.7 Å². The summed E-state index contributed by atoms with van der Waals surface area (Å²) in [5.41, 5.74) is 1.46. The molecule has 0 saturated heterocycles. The number of halogens is 4. The molecule has 0 bridgehead atoms. The number of nitrogens with zero attached hydrogens (tertiary/aromatic N) is 3. The Labute approximate surface area is 169 Å². The zero-order chi connectivity index (χ0) is 22.1. The van der Waals surface area contributed by atoms with Gasteiger partial charge in [0.2, 0.25) is 0 Å². The molecule has 6 nitrogen and oxygen atoms in total. The highest BCUT2D eigenvalue weighted by Gasteiger charge is 2.27. The normalized spacial score (nSPS) is 11.5. The zero-order valence-corrected chi connectivity index (χ0v) is 16.1. The monoisotopic (exact) mass is 422 g/mol. The van der Waals surface area contributed by atoms with Gasteiger partial charge in [-0.1, -0.05) is 6.07 Å². The minimum Gasteiger partial charge on any atom is -0.478 e. The summed E-state index contributed by atoms with van der Waals surface area (Å²) < 4.78 is 53.0. The van der Waals surface area contributed by atoms with Crippen LogP contribution in [0.2, 0.25) is 0 Å². The van der Waals surface area contributed by atoms with Gasteiger partial charge < -0.3 is 10.4 Å². The average molecular weight is 422 g/mol. The molecule has 3 rings (SSSR count). The second-order valence-electron chi connectivity index (χ2n) is 6.76. The third-order valence-corrected chi connectivity index (χ3v) is 4.34. The molecule has 0 amide bonds. The van der Waals surface area contributed by atoms with Crippen molar-refractivity contribution in [3.05, 3.63) is 64.7 Å². The van der Waals surface area contributed by atoms with E-state index in [-0.39, 0.29) is 29.3 Å². The molecule has 0 aliphatic carbocycles. The molecule has 0 fully saturated rings. The van der Waals surface area contributed by atoms with Crippen LogP contribution < -0.4 is 5.32 Å². The van der Waals surface area contributed by atoms with E-state index in [9.17, 15) is 27.5 Å². The predicted molar refractivity (Wildman–Crippen MR) is 102 cm³/mol. The number of carbonyl (C=O) groups is 1. The summed E-state index contributed by atoms with van der Waals surface area (Å²) in [6, 6.07) is 8.22. The summed E-state index contributed by atoms with van der Waals surface area (Å²) in [4.78, 5) is 15.7. The van der Waals surface area contributed by atoms with Crippen molar-refractivity contribution in [3.8, 4) is 5.69 Å². The number of aromatic carboxylic acids is 1. The molecular formula is C20H18F4N4O2. The van der Waals surface area contributed by atoms with Crippen LogP contribution in [-0.4, -0.2) is 32.0 Å². The molecule has 0 atom stereocenters. The van der Waals surface area contributed by atoms with Gasteiger partial charge in [-0.25, -0.2) is 18.9 Å². The maximum absolute atomic E-state index is 13.8. The number of carboxylic acids is 1. The lowest BCUT2D eigenvalue weighted by atomic mass is 10.2. The van der Waals surface area contributed by atoms with Gasteiger partial charge in [0.1, 0.15) is 23.0 Å². The first-order valence-electron chi connectivity index (χ1n) is 8.93. The van der Waals surface area contributed by atoms with Gasteiger partial charge in [0.25, 0.3) is 0 Å². The fourth-order valence-electron chi connectivity index (χ4n) is 2.85. The van der Waals surface area contributed by atoms with Gasteiger partial charge in [-0.15, -0.1) is 0 Å². The van der Waals surface area contributed by atoms with Crippen molar-refractivity contribution < 1.29 is 27.5 Å². The Balaban J connectivity index is 2.08.